The Labute approximate surface area is 279 Å². The van der Waals surface area contributed by atoms with E-state index in [1.807, 2.05) is 41.8 Å². The molecule has 0 bridgehead atoms. The molecule has 0 aliphatic rings. The number of hydrogen-bond donors (Lipinski definition) is 0. The SMILES string of the molecule is CC(C)c1ccnc(-c2[c-]ccc3c2sc2c[c]([Ge]([CH3])([CH3])[CH3])ccc23)c1.C[Si](C)(C)c1c[c-]c(-c2[c-]cccc2)cc1.[Ir+3]. The van der Waals surface area contributed by atoms with Gasteiger partial charge in [-0.15, -0.1) is 11.3 Å². The van der Waals surface area contributed by atoms with Gasteiger partial charge in [-0.3, -0.25) is 0 Å². The van der Waals surface area contributed by atoms with Crippen LogP contribution in [0.25, 0.3) is 42.6 Å². The number of benzene rings is 4. The number of hydrogen-bond acceptors (Lipinski definition) is 2. The summed E-state index contributed by atoms with van der Waals surface area (Å²) in [7, 11) is -1.20. The van der Waals surface area contributed by atoms with E-state index in [1.165, 1.54) is 30.9 Å². The van der Waals surface area contributed by atoms with Crippen LogP contribution in [0, 0.1) is 18.2 Å². The molecule has 6 rings (SSSR count). The van der Waals surface area contributed by atoms with E-state index < -0.39 is 21.3 Å². The molecule has 0 saturated carbocycles. The van der Waals surface area contributed by atoms with Gasteiger partial charge in [0.1, 0.15) is 0 Å². The van der Waals surface area contributed by atoms with Crippen LogP contribution in [0.15, 0.2) is 91.1 Å². The van der Waals surface area contributed by atoms with Crippen molar-refractivity contribution in [2.75, 3.05) is 0 Å². The van der Waals surface area contributed by atoms with Gasteiger partial charge in [-0.05, 0) is 0 Å². The third-order valence-electron chi connectivity index (χ3n) is 7.68. The van der Waals surface area contributed by atoms with Crippen LogP contribution in [-0.2, 0) is 20.1 Å². The van der Waals surface area contributed by atoms with E-state index in [4.69, 9.17) is 0 Å². The molecule has 2 heterocycles. The van der Waals surface area contributed by atoms with Crippen LogP contribution in [0.1, 0.15) is 25.3 Å². The van der Waals surface area contributed by atoms with E-state index in [9.17, 15) is 0 Å². The van der Waals surface area contributed by atoms with Crippen molar-refractivity contribution in [1.29, 1.82) is 0 Å². The molecule has 0 aliphatic heterocycles. The second-order valence-electron chi connectivity index (χ2n) is 13.3. The molecular weight excluding hydrogens is 795 g/mol. The van der Waals surface area contributed by atoms with E-state index >= 15 is 0 Å². The first-order valence-corrected chi connectivity index (χ1v) is 26.4. The van der Waals surface area contributed by atoms with E-state index in [0.29, 0.717) is 5.92 Å². The zero-order valence-electron chi connectivity index (χ0n) is 26.4. The Morgan fingerprint density at radius 3 is 2.19 bits per heavy atom. The number of fused-ring (bicyclic) bond motifs is 3. The van der Waals surface area contributed by atoms with E-state index in [1.54, 1.807) is 4.40 Å². The monoisotopic (exact) mass is 837 g/mol. The predicted octanol–water partition coefficient (Wildman–Crippen LogP) is 10.1. The van der Waals surface area contributed by atoms with Crippen molar-refractivity contribution in [3.8, 4) is 22.4 Å². The number of pyridine rings is 1. The van der Waals surface area contributed by atoms with Gasteiger partial charge in [-0.1, -0.05) is 19.6 Å². The molecule has 2 aromatic heterocycles. The molecule has 0 radical (unpaired) electrons. The summed E-state index contributed by atoms with van der Waals surface area (Å²) in [6.45, 7) is 11.5. The maximum atomic E-state index is 4.65. The molecule has 1 nitrogen and oxygen atoms in total. The Morgan fingerprint density at radius 1 is 0.791 bits per heavy atom. The van der Waals surface area contributed by atoms with Gasteiger partial charge >= 0.3 is 183 Å². The van der Waals surface area contributed by atoms with Crippen LogP contribution in [0.3, 0.4) is 0 Å². The van der Waals surface area contributed by atoms with Crippen molar-refractivity contribution >= 4 is 62.4 Å². The molecule has 220 valence electrons. The van der Waals surface area contributed by atoms with Crippen LogP contribution in [-0.4, -0.2) is 26.3 Å². The average Bonchev–Trinajstić information content (AvgIpc) is 3.35. The van der Waals surface area contributed by atoms with E-state index in [-0.39, 0.29) is 20.1 Å². The second kappa shape index (κ2) is 13.7. The van der Waals surface area contributed by atoms with Crippen LogP contribution in [0.2, 0.25) is 36.9 Å². The maximum absolute atomic E-state index is 4.65. The fraction of sp³-hybridized carbons (Fsp3) is 0.237. The minimum Gasteiger partial charge on any atom is -0.226 e. The molecule has 0 N–H and O–H groups in total. The third kappa shape index (κ3) is 7.85. The van der Waals surface area contributed by atoms with E-state index in [0.717, 1.165) is 22.4 Å². The van der Waals surface area contributed by atoms with Gasteiger partial charge in [0, 0.05) is 8.07 Å². The summed E-state index contributed by atoms with van der Waals surface area (Å²) in [5.74, 6) is 7.86. The molecule has 0 saturated heterocycles. The van der Waals surface area contributed by atoms with Crippen molar-refractivity contribution in [2.24, 2.45) is 0 Å². The van der Waals surface area contributed by atoms with E-state index in [2.05, 4.69) is 135 Å². The summed E-state index contributed by atoms with van der Waals surface area (Å²) < 4.78 is 4.25. The fourth-order valence-corrected chi connectivity index (χ4v) is 9.95. The fourth-order valence-electron chi connectivity index (χ4n) is 4.96. The molecule has 0 unspecified atom stereocenters. The predicted molar refractivity (Wildman–Crippen MR) is 191 cm³/mol. The summed E-state index contributed by atoms with van der Waals surface area (Å²) in [5.41, 5.74) is 5.73. The van der Waals surface area contributed by atoms with Gasteiger partial charge in [-0.2, -0.15) is 48.5 Å². The summed E-state index contributed by atoms with van der Waals surface area (Å²) >= 11 is 0.0614. The maximum Gasteiger partial charge on any atom is 3.00 e. The zero-order valence-corrected chi connectivity index (χ0v) is 32.7. The van der Waals surface area contributed by atoms with Gasteiger partial charge in [0.05, 0.1) is 0 Å². The Hall–Kier alpha value is -2.34. The van der Waals surface area contributed by atoms with Crippen molar-refractivity contribution in [2.45, 2.75) is 56.7 Å². The minimum atomic E-state index is -1.82. The van der Waals surface area contributed by atoms with Crippen molar-refractivity contribution < 1.29 is 20.1 Å². The van der Waals surface area contributed by atoms with Gasteiger partial charge in [-0.25, -0.2) is 11.1 Å². The zero-order chi connectivity index (χ0) is 30.1. The first-order valence-electron chi connectivity index (χ1n) is 14.7. The van der Waals surface area contributed by atoms with Crippen LogP contribution < -0.4 is 9.58 Å². The topological polar surface area (TPSA) is 12.9 Å². The second-order valence-corrected chi connectivity index (χ2v) is 30.1. The number of nitrogens with zero attached hydrogens (tertiary/aromatic N) is 1. The normalized spacial score (nSPS) is 11.7. The standard InChI is InChI=1S/C23H24GeNS.C15H16Si.Ir/c1-15(2)16-11-12-25-21(13-16)20-8-6-7-19-18-10-9-17(24(3,4)5)14-22(18)26-23(19)20;1-16(2,3)15-11-9-14(10-12-15)13-7-5-4-6-8-13;/h6-7,9-15H,1-5H3;4-7,9,11-12H,1-3H3;/q-1;-2;+3. The molecular formula is C38H40GeIrNSSi. The summed E-state index contributed by atoms with van der Waals surface area (Å²) in [6, 6.07) is 40.3. The molecule has 0 amide bonds. The quantitative estimate of drug-likeness (QED) is 0.125. The average molecular weight is 836 g/mol. The Morgan fingerprint density at radius 2 is 1.56 bits per heavy atom. The molecule has 0 atom stereocenters. The Bertz CT molecular complexity index is 1810. The van der Waals surface area contributed by atoms with Crippen LogP contribution in [0.5, 0.6) is 0 Å². The summed E-state index contributed by atoms with van der Waals surface area (Å²) in [4.78, 5) is 4.65. The van der Waals surface area contributed by atoms with Crippen LogP contribution in [0.4, 0.5) is 0 Å². The number of aromatic nitrogens is 1. The Kier molecular flexibility index (Phi) is 10.7. The Balaban J connectivity index is 0.000000215. The van der Waals surface area contributed by atoms with Crippen molar-refractivity contribution in [3.63, 3.8) is 0 Å². The van der Waals surface area contributed by atoms with Gasteiger partial charge in [0.15, 0.2) is 0 Å². The first kappa shape index (κ1) is 33.6. The first-order chi connectivity index (χ1) is 19.9. The van der Waals surface area contributed by atoms with Gasteiger partial charge in [0.25, 0.3) is 0 Å². The molecule has 43 heavy (non-hydrogen) atoms. The van der Waals surface area contributed by atoms with Gasteiger partial charge < -0.3 is 0 Å². The molecule has 6 aromatic rings. The van der Waals surface area contributed by atoms with Crippen molar-refractivity contribution in [1.82, 2.24) is 4.98 Å². The summed E-state index contributed by atoms with van der Waals surface area (Å²) in [5, 5.41) is 4.13. The molecule has 5 heteroatoms. The van der Waals surface area contributed by atoms with Gasteiger partial charge in [0.2, 0.25) is 0 Å². The largest absolute Gasteiger partial charge is 3.00 e. The molecule has 0 spiro atoms. The molecule has 4 aromatic carbocycles. The smallest absolute Gasteiger partial charge is 0.226 e. The number of thiophene rings is 1. The minimum absolute atomic E-state index is 0. The number of rotatable bonds is 5. The third-order valence-corrected chi connectivity index (χ3v) is 15.2. The van der Waals surface area contributed by atoms with Crippen molar-refractivity contribution in [3.05, 3.63) is 115 Å². The molecule has 0 aliphatic carbocycles. The summed E-state index contributed by atoms with van der Waals surface area (Å²) in [6.07, 6.45) is 1.93. The molecule has 0 fully saturated rings. The van der Waals surface area contributed by atoms with Crippen LogP contribution >= 0.6 is 11.3 Å².